The Balaban J connectivity index is 2.55. The molecule has 0 aromatic heterocycles. The van der Waals surface area contributed by atoms with Crippen molar-refractivity contribution >= 4 is 24.8 Å². The van der Waals surface area contributed by atoms with Gasteiger partial charge in [-0.2, -0.15) is 0 Å². The first-order chi connectivity index (χ1) is 15.2. The number of ether oxygens (including phenoxy) is 1. The Hall–Kier alpha value is -2.81. The molecule has 0 saturated carbocycles. The number of carbonyl (C=O) groups excluding carboxylic acids is 1. The van der Waals surface area contributed by atoms with E-state index in [0.29, 0.717) is 11.1 Å². The zero-order valence-corrected chi connectivity index (χ0v) is 18.1. The lowest BCUT2D eigenvalue weighted by molar-refractivity contribution is -0.136. The third-order valence-electron chi connectivity index (χ3n) is 4.69. The Morgan fingerprint density at radius 2 is 1.81 bits per heavy atom. The van der Waals surface area contributed by atoms with Crippen molar-refractivity contribution in [1.29, 1.82) is 0 Å². The second-order valence-corrected chi connectivity index (χ2v) is 8.53. The Kier molecular flexibility index (Phi) is 9.31. The fourth-order valence-corrected chi connectivity index (χ4v) is 4.14. The van der Waals surface area contributed by atoms with Crippen molar-refractivity contribution in [2.24, 2.45) is 0 Å². The Morgan fingerprint density at radius 3 is 2.38 bits per heavy atom. The standard InChI is InChI=1S/C22H26NO8P/c1-2-13-31-21(17(14-24)23-22(27)16-7-4-3-5-8-16)20-15(11-12-19(25)26)9-6-10-18(20)32(28,29)30/h2-10,17,21,24H,1,11-14H2,(H,23,27)(H,25,26)(H2,28,29,30). The second kappa shape index (κ2) is 11.7. The van der Waals surface area contributed by atoms with Crippen LogP contribution in [0.3, 0.4) is 0 Å². The molecular formula is C22H26NO8P. The maximum absolute atomic E-state index is 12.7. The van der Waals surface area contributed by atoms with E-state index in [9.17, 15) is 29.0 Å². The summed E-state index contributed by atoms with van der Waals surface area (Å²) in [5, 5.41) is 21.4. The van der Waals surface area contributed by atoms with Crippen LogP contribution in [0.4, 0.5) is 0 Å². The summed E-state index contributed by atoms with van der Waals surface area (Å²) in [7, 11) is -4.81. The average Bonchev–Trinajstić information content (AvgIpc) is 2.77. The minimum absolute atomic E-state index is 0.0305. The van der Waals surface area contributed by atoms with Crippen molar-refractivity contribution in [2.75, 3.05) is 13.2 Å². The second-order valence-electron chi connectivity index (χ2n) is 6.96. The number of amides is 1. The first-order valence-corrected chi connectivity index (χ1v) is 11.4. The number of carboxylic acids is 1. The van der Waals surface area contributed by atoms with Gasteiger partial charge in [0.15, 0.2) is 0 Å². The highest BCUT2D eigenvalue weighted by Gasteiger charge is 2.34. The van der Waals surface area contributed by atoms with E-state index >= 15 is 0 Å². The molecule has 10 heteroatoms. The maximum atomic E-state index is 12.7. The summed E-state index contributed by atoms with van der Waals surface area (Å²) in [5.41, 5.74) is 0.689. The Labute approximate surface area is 185 Å². The van der Waals surface area contributed by atoms with Crippen LogP contribution < -0.4 is 10.6 Å². The highest BCUT2D eigenvalue weighted by Crippen LogP contribution is 2.39. The van der Waals surface area contributed by atoms with Gasteiger partial charge in [0.2, 0.25) is 0 Å². The van der Waals surface area contributed by atoms with Gasteiger partial charge in [-0.05, 0) is 30.2 Å². The lowest BCUT2D eigenvalue weighted by Crippen LogP contribution is -2.44. The predicted molar refractivity (Wildman–Crippen MR) is 118 cm³/mol. The van der Waals surface area contributed by atoms with E-state index in [2.05, 4.69) is 11.9 Å². The molecule has 0 saturated heterocycles. The fourth-order valence-electron chi connectivity index (χ4n) is 3.27. The normalized spacial score (nSPS) is 13.2. The molecule has 0 bridgehead atoms. The molecule has 0 aliphatic heterocycles. The van der Waals surface area contributed by atoms with Crippen molar-refractivity contribution in [1.82, 2.24) is 5.32 Å². The number of aliphatic carboxylic acids is 1. The first-order valence-electron chi connectivity index (χ1n) is 9.78. The van der Waals surface area contributed by atoms with Gasteiger partial charge < -0.3 is 30.1 Å². The lowest BCUT2D eigenvalue weighted by atomic mass is 9.94. The Bertz CT molecular complexity index is 989. The van der Waals surface area contributed by atoms with Gasteiger partial charge in [-0.15, -0.1) is 6.58 Å². The van der Waals surface area contributed by atoms with Gasteiger partial charge in [-0.25, -0.2) is 0 Å². The summed E-state index contributed by atoms with van der Waals surface area (Å²) in [5.74, 6) is -1.60. The zero-order valence-electron chi connectivity index (χ0n) is 17.3. The molecule has 2 unspecified atom stereocenters. The van der Waals surface area contributed by atoms with Gasteiger partial charge in [0, 0.05) is 17.5 Å². The summed E-state index contributed by atoms with van der Waals surface area (Å²) in [6, 6.07) is 11.3. The summed E-state index contributed by atoms with van der Waals surface area (Å²) >= 11 is 0. The number of carbonyl (C=O) groups is 2. The molecule has 1 amide bonds. The van der Waals surface area contributed by atoms with Crippen molar-refractivity contribution < 1.29 is 38.9 Å². The van der Waals surface area contributed by atoms with Crippen LogP contribution in [0.5, 0.6) is 0 Å². The Morgan fingerprint density at radius 1 is 1.12 bits per heavy atom. The van der Waals surface area contributed by atoms with Crippen LogP contribution >= 0.6 is 7.60 Å². The summed E-state index contributed by atoms with van der Waals surface area (Å²) in [4.78, 5) is 43.6. The van der Waals surface area contributed by atoms with Crippen molar-refractivity contribution in [3.8, 4) is 0 Å². The molecule has 2 aromatic rings. The highest BCUT2D eigenvalue weighted by atomic mass is 31.2. The summed E-state index contributed by atoms with van der Waals surface area (Å²) in [6.45, 7) is 2.92. The third-order valence-corrected chi connectivity index (χ3v) is 5.71. The minimum Gasteiger partial charge on any atom is -0.481 e. The molecule has 0 fully saturated rings. The van der Waals surface area contributed by atoms with Gasteiger partial charge in [-0.3, -0.25) is 14.2 Å². The first kappa shape index (κ1) is 25.5. The highest BCUT2D eigenvalue weighted by molar-refractivity contribution is 7.60. The molecule has 32 heavy (non-hydrogen) atoms. The van der Waals surface area contributed by atoms with Gasteiger partial charge in [0.05, 0.1) is 24.6 Å². The SMILES string of the molecule is C=CCOC(c1c(CCC(=O)O)cccc1P(=O)(O)O)C(CO)NC(=O)c1ccccc1. The molecule has 0 spiro atoms. The van der Waals surface area contributed by atoms with Crippen LogP contribution in [0, 0.1) is 0 Å². The fraction of sp³-hybridized carbons (Fsp3) is 0.273. The zero-order chi connectivity index (χ0) is 23.7. The van der Waals surface area contributed by atoms with Crippen LogP contribution in [0.15, 0.2) is 61.2 Å². The third kappa shape index (κ3) is 6.85. The number of aryl methyl sites for hydroxylation is 1. The van der Waals surface area contributed by atoms with Crippen molar-refractivity contribution in [3.63, 3.8) is 0 Å². The number of nitrogens with one attached hydrogen (secondary N) is 1. The largest absolute Gasteiger partial charge is 0.481 e. The summed E-state index contributed by atoms with van der Waals surface area (Å²) in [6.07, 6.45) is -0.0843. The average molecular weight is 463 g/mol. The van der Waals surface area contributed by atoms with E-state index < -0.39 is 38.2 Å². The quantitative estimate of drug-likeness (QED) is 0.235. The molecule has 0 radical (unpaired) electrons. The molecule has 2 atom stereocenters. The van der Waals surface area contributed by atoms with Crippen LogP contribution in [0.2, 0.25) is 0 Å². The molecule has 5 N–H and O–H groups in total. The molecule has 172 valence electrons. The van der Waals surface area contributed by atoms with E-state index in [-0.39, 0.29) is 30.3 Å². The van der Waals surface area contributed by atoms with Crippen molar-refractivity contribution in [3.05, 3.63) is 77.9 Å². The molecule has 0 heterocycles. The number of aliphatic hydroxyl groups excluding tert-OH is 1. The lowest BCUT2D eigenvalue weighted by Gasteiger charge is -2.30. The number of carboxylic acid groups (broad SMARTS) is 1. The number of rotatable bonds is 12. The molecule has 0 aliphatic carbocycles. The number of hydrogen-bond acceptors (Lipinski definition) is 5. The van der Waals surface area contributed by atoms with Crippen LogP contribution in [0.25, 0.3) is 0 Å². The van der Waals surface area contributed by atoms with Crippen LogP contribution in [0.1, 0.15) is 34.0 Å². The monoisotopic (exact) mass is 463 g/mol. The molecular weight excluding hydrogens is 437 g/mol. The summed E-state index contributed by atoms with van der Waals surface area (Å²) < 4.78 is 18.0. The smallest absolute Gasteiger partial charge is 0.356 e. The van der Waals surface area contributed by atoms with Crippen molar-refractivity contribution in [2.45, 2.75) is 25.0 Å². The minimum atomic E-state index is -4.81. The van der Waals surface area contributed by atoms with E-state index in [4.69, 9.17) is 9.84 Å². The molecule has 2 rings (SSSR count). The maximum Gasteiger partial charge on any atom is 0.356 e. The van der Waals surface area contributed by atoms with Gasteiger partial charge in [0.1, 0.15) is 6.10 Å². The van der Waals surface area contributed by atoms with Crippen LogP contribution in [-0.2, 0) is 20.5 Å². The molecule has 9 nitrogen and oxygen atoms in total. The predicted octanol–water partition coefficient (Wildman–Crippen LogP) is 1.54. The van der Waals surface area contributed by atoms with E-state index in [1.54, 1.807) is 30.3 Å². The number of benzene rings is 2. The molecule has 2 aromatic carbocycles. The molecule has 0 aliphatic rings. The van der Waals surface area contributed by atoms with Gasteiger partial charge >= 0.3 is 13.6 Å². The van der Waals surface area contributed by atoms with E-state index in [1.165, 1.54) is 24.3 Å². The number of aliphatic hydroxyl groups is 1. The number of hydrogen-bond donors (Lipinski definition) is 5. The topological polar surface area (TPSA) is 153 Å². The van der Waals surface area contributed by atoms with Gasteiger partial charge in [-0.1, -0.05) is 36.4 Å². The van der Waals surface area contributed by atoms with E-state index in [1.807, 2.05) is 0 Å². The van der Waals surface area contributed by atoms with Gasteiger partial charge in [0.25, 0.3) is 5.91 Å². The van der Waals surface area contributed by atoms with E-state index in [0.717, 1.165) is 0 Å². The van der Waals surface area contributed by atoms with Crippen LogP contribution in [-0.4, -0.2) is 51.1 Å².